The maximum absolute atomic E-state index is 13.7. The van der Waals surface area contributed by atoms with Crippen LogP contribution in [0.3, 0.4) is 0 Å². The van der Waals surface area contributed by atoms with Crippen molar-refractivity contribution in [3.8, 4) is 11.1 Å². The van der Waals surface area contributed by atoms with E-state index < -0.39 is 6.03 Å². The average molecular weight is 430 g/mol. The lowest BCUT2D eigenvalue weighted by atomic mass is 9.99. The smallest absolute Gasteiger partial charge is 0.319 e. The van der Waals surface area contributed by atoms with Crippen LogP contribution in [-0.4, -0.2) is 15.6 Å². The van der Waals surface area contributed by atoms with Gasteiger partial charge in [-0.25, -0.2) is 9.18 Å². The average Bonchev–Trinajstić information content (AvgIpc) is 2.77. The summed E-state index contributed by atoms with van der Waals surface area (Å²) in [4.78, 5) is 29.8. The minimum absolute atomic E-state index is 0.0643. The molecule has 0 saturated heterocycles. The van der Waals surface area contributed by atoms with Crippen LogP contribution in [0.25, 0.3) is 22.0 Å². The van der Waals surface area contributed by atoms with Gasteiger partial charge < -0.3 is 15.2 Å². The third kappa shape index (κ3) is 4.23. The Morgan fingerprint density at radius 2 is 1.84 bits per heavy atom. The second-order valence-electron chi connectivity index (χ2n) is 7.74. The zero-order valence-corrected chi connectivity index (χ0v) is 18.1. The van der Waals surface area contributed by atoms with E-state index in [0.717, 1.165) is 27.7 Å². The van der Waals surface area contributed by atoms with E-state index in [1.807, 2.05) is 32.0 Å². The van der Waals surface area contributed by atoms with Gasteiger partial charge in [0.1, 0.15) is 5.82 Å². The highest BCUT2D eigenvalue weighted by Gasteiger charge is 2.13. The number of carbonyl (C=O) groups is 1. The van der Waals surface area contributed by atoms with Crippen molar-refractivity contribution in [2.75, 3.05) is 5.32 Å². The predicted molar refractivity (Wildman–Crippen MR) is 124 cm³/mol. The first-order valence-corrected chi connectivity index (χ1v) is 10.2. The first kappa shape index (κ1) is 21.2. The van der Waals surface area contributed by atoms with Gasteiger partial charge in [-0.2, -0.15) is 0 Å². The van der Waals surface area contributed by atoms with E-state index in [-0.39, 0.29) is 17.9 Å². The van der Waals surface area contributed by atoms with Crippen LogP contribution in [0.2, 0.25) is 0 Å². The molecule has 4 rings (SSSR count). The molecule has 2 N–H and O–H groups in total. The molecule has 32 heavy (non-hydrogen) atoms. The number of benzene rings is 2. The number of urea groups is 1. The Morgan fingerprint density at radius 3 is 2.62 bits per heavy atom. The van der Waals surface area contributed by atoms with Gasteiger partial charge in [-0.15, -0.1) is 0 Å². The summed E-state index contributed by atoms with van der Waals surface area (Å²) in [6.07, 6.45) is 1.75. The highest BCUT2D eigenvalue weighted by atomic mass is 19.1. The molecule has 0 fully saturated rings. The summed E-state index contributed by atoms with van der Waals surface area (Å²) >= 11 is 0. The number of rotatable bonds is 4. The second-order valence-corrected chi connectivity index (χ2v) is 7.74. The minimum atomic E-state index is -0.464. The van der Waals surface area contributed by atoms with E-state index in [4.69, 9.17) is 0 Å². The van der Waals surface area contributed by atoms with Gasteiger partial charge in [0.05, 0.1) is 5.52 Å². The first-order chi connectivity index (χ1) is 15.3. The predicted octanol–water partition coefficient (Wildman–Crippen LogP) is 4.68. The molecule has 0 bridgehead atoms. The fraction of sp³-hybridized carbons (Fsp3) is 0.160. The second kappa shape index (κ2) is 8.63. The zero-order chi connectivity index (χ0) is 22.8. The third-order valence-electron chi connectivity index (χ3n) is 5.43. The summed E-state index contributed by atoms with van der Waals surface area (Å²) in [6, 6.07) is 14.9. The molecular weight excluding hydrogens is 407 g/mol. The number of carbonyl (C=O) groups excluding carboxylic acids is 1. The third-order valence-corrected chi connectivity index (χ3v) is 5.43. The van der Waals surface area contributed by atoms with Crippen LogP contribution < -0.4 is 16.2 Å². The van der Waals surface area contributed by atoms with Crippen molar-refractivity contribution in [2.24, 2.45) is 7.05 Å². The summed E-state index contributed by atoms with van der Waals surface area (Å²) < 4.78 is 15.4. The lowest BCUT2D eigenvalue weighted by Crippen LogP contribution is -2.28. The molecule has 0 saturated carbocycles. The van der Waals surface area contributed by atoms with Crippen molar-refractivity contribution in [1.82, 2.24) is 14.9 Å². The van der Waals surface area contributed by atoms with E-state index in [0.29, 0.717) is 16.8 Å². The highest BCUT2D eigenvalue weighted by Crippen LogP contribution is 2.27. The number of anilines is 1. The Balaban J connectivity index is 1.61. The topological polar surface area (TPSA) is 76.0 Å². The molecule has 7 heteroatoms. The molecule has 0 radical (unpaired) electrons. The van der Waals surface area contributed by atoms with Crippen LogP contribution in [0.15, 0.2) is 65.6 Å². The SMILES string of the molecule is Cc1cc2c(cn1)cc(-c1cc(NC(=O)NCc3ccccc3F)ccc1C)c(=O)n2C. The van der Waals surface area contributed by atoms with Crippen molar-refractivity contribution in [3.63, 3.8) is 0 Å². The summed E-state index contributed by atoms with van der Waals surface area (Å²) in [5.74, 6) is -0.373. The lowest BCUT2D eigenvalue weighted by molar-refractivity contribution is 0.251. The van der Waals surface area contributed by atoms with Crippen LogP contribution in [0.4, 0.5) is 14.9 Å². The van der Waals surface area contributed by atoms with Gasteiger partial charge in [-0.1, -0.05) is 24.3 Å². The monoisotopic (exact) mass is 430 g/mol. The number of pyridine rings is 2. The Morgan fingerprint density at radius 1 is 1.06 bits per heavy atom. The molecule has 2 heterocycles. The quantitative estimate of drug-likeness (QED) is 0.494. The highest BCUT2D eigenvalue weighted by molar-refractivity contribution is 5.91. The number of aryl methyl sites for hydroxylation is 3. The Kier molecular flexibility index (Phi) is 5.73. The molecule has 0 unspecified atom stereocenters. The van der Waals surface area contributed by atoms with Gasteiger partial charge in [0, 0.05) is 47.7 Å². The number of fused-ring (bicyclic) bond motifs is 1. The minimum Gasteiger partial charge on any atom is -0.334 e. The van der Waals surface area contributed by atoms with Crippen molar-refractivity contribution >= 4 is 22.6 Å². The normalized spacial score (nSPS) is 10.9. The van der Waals surface area contributed by atoms with Gasteiger partial charge in [0.2, 0.25) is 0 Å². The van der Waals surface area contributed by atoms with Crippen molar-refractivity contribution < 1.29 is 9.18 Å². The zero-order valence-electron chi connectivity index (χ0n) is 18.1. The molecule has 0 atom stereocenters. The van der Waals surface area contributed by atoms with Crippen LogP contribution in [0, 0.1) is 19.7 Å². The van der Waals surface area contributed by atoms with Crippen molar-refractivity contribution in [2.45, 2.75) is 20.4 Å². The van der Waals surface area contributed by atoms with E-state index >= 15 is 0 Å². The van der Waals surface area contributed by atoms with Crippen LogP contribution in [-0.2, 0) is 13.6 Å². The molecule has 0 aliphatic rings. The standard InChI is InChI=1S/C25H23FN4O2/c1-15-8-9-19(29-25(32)28-13-17-6-4-5-7-22(17)26)12-20(15)21-11-18-14-27-16(2)10-23(18)30(3)24(21)31/h4-12,14H,13H2,1-3H3,(H2,28,29,32). The summed E-state index contributed by atoms with van der Waals surface area (Å²) in [5.41, 5.74) is 4.59. The van der Waals surface area contributed by atoms with E-state index in [1.54, 1.807) is 48.1 Å². The molecule has 2 aromatic carbocycles. The fourth-order valence-electron chi connectivity index (χ4n) is 3.64. The summed E-state index contributed by atoms with van der Waals surface area (Å²) in [5, 5.41) is 6.26. The Hall–Kier alpha value is -4.00. The van der Waals surface area contributed by atoms with Crippen LogP contribution in [0.1, 0.15) is 16.8 Å². The van der Waals surface area contributed by atoms with Crippen LogP contribution >= 0.6 is 0 Å². The molecule has 0 aliphatic carbocycles. The van der Waals surface area contributed by atoms with E-state index in [9.17, 15) is 14.0 Å². The number of nitrogens with zero attached hydrogens (tertiary/aromatic N) is 2. The van der Waals surface area contributed by atoms with Gasteiger partial charge >= 0.3 is 6.03 Å². The van der Waals surface area contributed by atoms with E-state index in [1.165, 1.54) is 6.07 Å². The van der Waals surface area contributed by atoms with Gasteiger partial charge in [0.15, 0.2) is 0 Å². The number of halogens is 1. The number of aromatic nitrogens is 2. The molecule has 0 aliphatic heterocycles. The Labute approximate surface area is 184 Å². The summed E-state index contributed by atoms with van der Waals surface area (Å²) in [7, 11) is 1.74. The van der Waals surface area contributed by atoms with Gasteiger partial charge in [0.25, 0.3) is 5.56 Å². The molecule has 6 nitrogen and oxygen atoms in total. The van der Waals surface area contributed by atoms with E-state index in [2.05, 4.69) is 15.6 Å². The number of nitrogens with one attached hydrogen (secondary N) is 2. The number of hydrogen-bond donors (Lipinski definition) is 2. The molecule has 0 spiro atoms. The first-order valence-electron chi connectivity index (χ1n) is 10.2. The van der Waals surface area contributed by atoms with Crippen molar-refractivity contribution in [1.29, 1.82) is 0 Å². The molecule has 2 aromatic heterocycles. The number of amides is 2. The largest absolute Gasteiger partial charge is 0.334 e. The molecule has 4 aromatic rings. The van der Waals surface area contributed by atoms with Gasteiger partial charge in [-0.3, -0.25) is 9.78 Å². The van der Waals surface area contributed by atoms with Gasteiger partial charge in [-0.05, 0) is 55.3 Å². The summed E-state index contributed by atoms with van der Waals surface area (Å²) in [6.45, 7) is 3.86. The molecule has 2 amide bonds. The number of hydrogen-bond acceptors (Lipinski definition) is 3. The van der Waals surface area contributed by atoms with Crippen molar-refractivity contribution in [3.05, 3.63) is 93.8 Å². The Bertz CT molecular complexity index is 1390. The maximum atomic E-state index is 13.7. The molecular formula is C25H23FN4O2. The van der Waals surface area contributed by atoms with Crippen LogP contribution in [0.5, 0.6) is 0 Å². The fourth-order valence-corrected chi connectivity index (χ4v) is 3.64. The lowest BCUT2D eigenvalue weighted by Gasteiger charge is -2.13. The molecule has 162 valence electrons. The maximum Gasteiger partial charge on any atom is 0.319 e.